The highest BCUT2D eigenvalue weighted by Crippen LogP contribution is 2.38. The Balaban J connectivity index is 2.44. The van der Waals surface area contributed by atoms with Crippen LogP contribution in [-0.4, -0.2) is 38.9 Å². The predicted molar refractivity (Wildman–Crippen MR) is 85.9 cm³/mol. The molecule has 5 nitrogen and oxygen atoms in total. The molecule has 2 aromatic rings. The van der Waals surface area contributed by atoms with E-state index in [1.807, 2.05) is 49.3 Å². The number of carbonyl (C=O) groups is 1. The maximum Gasteiger partial charge on any atom is 0.341 e. The highest BCUT2D eigenvalue weighted by atomic mass is 16.5. The fourth-order valence-corrected chi connectivity index (χ4v) is 2.15. The van der Waals surface area contributed by atoms with Crippen LogP contribution >= 0.6 is 0 Å². The second-order valence-electron chi connectivity index (χ2n) is 4.96. The van der Waals surface area contributed by atoms with E-state index < -0.39 is 12.6 Å². The third-order valence-corrected chi connectivity index (χ3v) is 3.23. The van der Waals surface area contributed by atoms with E-state index in [-0.39, 0.29) is 0 Å². The van der Waals surface area contributed by atoms with Gasteiger partial charge in [-0.1, -0.05) is 18.2 Å². The van der Waals surface area contributed by atoms with Gasteiger partial charge in [0.15, 0.2) is 6.61 Å². The molecule has 0 amide bonds. The lowest BCUT2D eigenvalue weighted by atomic mass is 10.0. The van der Waals surface area contributed by atoms with Crippen LogP contribution < -0.4 is 14.4 Å². The Morgan fingerprint density at radius 1 is 1.09 bits per heavy atom. The number of nitrogens with zero attached hydrogens (tertiary/aromatic N) is 1. The SMILES string of the molecule is COc1cccc(OCC(=O)O)c1-c1ccc(N(C)C)cc1. The molecule has 0 aliphatic rings. The van der Waals surface area contributed by atoms with Crippen molar-refractivity contribution in [2.24, 2.45) is 0 Å². The van der Waals surface area contributed by atoms with Crippen molar-refractivity contribution < 1.29 is 19.4 Å². The van der Waals surface area contributed by atoms with Crippen molar-refractivity contribution in [2.75, 3.05) is 32.7 Å². The summed E-state index contributed by atoms with van der Waals surface area (Å²) >= 11 is 0. The van der Waals surface area contributed by atoms with E-state index in [0.717, 1.165) is 16.8 Å². The number of anilines is 1. The van der Waals surface area contributed by atoms with E-state index in [2.05, 4.69) is 0 Å². The van der Waals surface area contributed by atoms with Gasteiger partial charge in [0.05, 0.1) is 12.7 Å². The molecule has 116 valence electrons. The summed E-state index contributed by atoms with van der Waals surface area (Å²) in [6, 6.07) is 13.2. The molecule has 0 aliphatic carbocycles. The number of ether oxygens (including phenoxy) is 2. The van der Waals surface area contributed by atoms with Crippen molar-refractivity contribution in [3.8, 4) is 22.6 Å². The van der Waals surface area contributed by atoms with Crippen LogP contribution in [0.15, 0.2) is 42.5 Å². The molecule has 0 aromatic heterocycles. The first-order chi connectivity index (χ1) is 10.5. The minimum absolute atomic E-state index is 0.393. The first kappa shape index (κ1) is 15.7. The third-order valence-electron chi connectivity index (χ3n) is 3.23. The number of carboxylic acid groups (broad SMARTS) is 1. The number of aliphatic carboxylic acids is 1. The summed E-state index contributed by atoms with van der Waals surface area (Å²) in [7, 11) is 5.52. The maximum absolute atomic E-state index is 10.7. The quantitative estimate of drug-likeness (QED) is 0.889. The molecule has 0 unspecified atom stereocenters. The molecule has 0 fully saturated rings. The molecular formula is C17H19NO4. The zero-order valence-electron chi connectivity index (χ0n) is 12.9. The highest BCUT2D eigenvalue weighted by molar-refractivity contribution is 5.78. The summed E-state index contributed by atoms with van der Waals surface area (Å²) in [5.74, 6) is 0.108. The average Bonchev–Trinajstić information content (AvgIpc) is 2.52. The first-order valence-electron chi connectivity index (χ1n) is 6.82. The van der Waals surface area contributed by atoms with Gasteiger partial charge in [-0.15, -0.1) is 0 Å². The Hall–Kier alpha value is -2.69. The number of methoxy groups -OCH3 is 1. The van der Waals surface area contributed by atoms with E-state index in [4.69, 9.17) is 14.6 Å². The molecule has 2 rings (SSSR count). The molecule has 22 heavy (non-hydrogen) atoms. The summed E-state index contributed by atoms with van der Waals surface area (Å²) in [4.78, 5) is 12.7. The maximum atomic E-state index is 10.7. The molecule has 2 aromatic carbocycles. The Morgan fingerprint density at radius 3 is 2.27 bits per heavy atom. The van der Waals surface area contributed by atoms with Gasteiger partial charge in [0, 0.05) is 19.8 Å². The average molecular weight is 301 g/mol. The van der Waals surface area contributed by atoms with Crippen LogP contribution in [0.3, 0.4) is 0 Å². The molecule has 0 spiro atoms. The molecular weight excluding hydrogens is 282 g/mol. The zero-order chi connectivity index (χ0) is 16.1. The fraction of sp³-hybridized carbons (Fsp3) is 0.235. The van der Waals surface area contributed by atoms with Crippen molar-refractivity contribution in [3.63, 3.8) is 0 Å². The molecule has 0 heterocycles. The monoisotopic (exact) mass is 301 g/mol. The lowest BCUT2D eigenvalue weighted by Crippen LogP contribution is -2.10. The minimum atomic E-state index is -1.02. The Kier molecular flexibility index (Phi) is 4.88. The molecule has 5 heteroatoms. The summed E-state index contributed by atoms with van der Waals surface area (Å²) < 4.78 is 10.8. The summed E-state index contributed by atoms with van der Waals surface area (Å²) in [5.41, 5.74) is 2.73. The third kappa shape index (κ3) is 3.49. The van der Waals surface area contributed by atoms with Crippen LogP contribution in [-0.2, 0) is 4.79 Å². The van der Waals surface area contributed by atoms with Crippen LogP contribution in [0, 0.1) is 0 Å². The van der Waals surface area contributed by atoms with E-state index in [1.54, 1.807) is 19.2 Å². The van der Waals surface area contributed by atoms with Crippen LogP contribution in [0.5, 0.6) is 11.5 Å². The van der Waals surface area contributed by atoms with E-state index in [9.17, 15) is 4.79 Å². The zero-order valence-corrected chi connectivity index (χ0v) is 12.9. The summed E-state index contributed by atoms with van der Waals surface area (Å²) in [6.45, 7) is -0.393. The van der Waals surface area contributed by atoms with Gasteiger partial charge in [-0.25, -0.2) is 4.79 Å². The van der Waals surface area contributed by atoms with Gasteiger partial charge in [-0.3, -0.25) is 0 Å². The van der Waals surface area contributed by atoms with Crippen molar-refractivity contribution in [3.05, 3.63) is 42.5 Å². The minimum Gasteiger partial charge on any atom is -0.496 e. The van der Waals surface area contributed by atoms with Crippen molar-refractivity contribution in [1.82, 2.24) is 0 Å². The van der Waals surface area contributed by atoms with Crippen molar-refractivity contribution >= 4 is 11.7 Å². The fourth-order valence-electron chi connectivity index (χ4n) is 2.15. The van der Waals surface area contributed by atoms with Gasteiger partial charge < -0.3 is 19.5 Å². The summed E-state index contributed by atoms with van der Waals surface area (Å²) in [5, 5.41) is 8.80. The molecule has 0 saturated carbocycles. The van der Waals surface area contributed by atoms with Gasteiger partial charge >= 0.3 is 5.97 Å². The smallest absolute Gasteiger partial charge is 0.341 e. The largest absolute Gasteiger partial charge is 0.496 e. The van der Waals surface area contributed by atoms with Gasteiger partial charge in [0.25, 0.3) is 0 Å². The molecule has 1 N–H and O–H groups in total. The normalized spacial score (nSPS) is 10.1. The second-order valence-corrected chi connectivity index (χ2v) is 4.96. The number of rotatable bonds is 6. The lowest BCUT2D eigenvalue weighted by Gasteiger charge is -2.16. The molecule has 0 bridgehead atoms. The standard InChI is InChI=1S/C17H19NO4/c1-18(2)13-9-7-12(8-10-13)17-14(21-3)5-4-6-15(17)22-11-16(19)20/h4-10H,11H2,1-3H3,(H,19,20). The Bertz CT molecular complexity index is 650. The number of hydrogen-bond acceptors (Lipinski definition) is 4. The highest BCUT2D eigenvalue weighted by Gasteiger charge is 2.14. The van der Waals surface area contributed by atoms with Gasteiger partial charge in [0.1, 0.15) is 11.5 Å². The van der Waals surface area contributed by atoms with Crippen LogP contribution in [0.4, 0.5) is 5.69 Å². The number of benzene rings is 2. The molecule has 0 saturated heterocycles. The van der Waals surface area contributed by atoms with Gasteiger partial charge in [-0.05, 0) is 29.8 Å². The molecule has 0 aliphatic heterocycles. The van der Waals surface area contributed by atoms with Crippen LogP contribution in [0.1, 0.15) is 0 Å². The predicted octanol–water partition coefficient (Wildman–Crippen LogP) is 2.89. The van der Waals surface area contributed by atoms with Gasteiger partial charge in [0.2, 0.25) is 0 Å². The first-order valence-corrected chi connectivity index (χ1v) is 6.82. The van der Waals surface area contributed by atoms with E-state index in [1.165, 1.54) is 0 Å². The van der Waals surface area contributed by atoms with Crippen LogP contribution in [0.2, 0.25) is 0 Å². The number of hydrogen-bond donors (Lipinski definition) is 1. The molecule has 0 radical (unpaired) electrons. The van der Waals surface area contributed by atoms with E-state index >= 15 is 0 Å². The summed E-state index contributed by atoms with van der Waals surface area (Å²) in [6.07, 6.45) is 0. The molecule has 0 atom stereocenters. The van der Waals surface area contributed by atoms with Crippen LogP contribution in [0.25, 0.3) is 11.1 Å². The second kappa shape index (κ2) is 6.85. The van der Waals surface area contributed by atoms with E-state index in [0.29, 0.717) is 11.5 Å². The van der Waals surface area contributed by atoms with Gasteiger partial charge in [-0.2, -0.15) is 0 Å². The van der Waals surface area contributed by atoms with Crippen molar-refractivity contribution in [2.45, 2.75) is 0 Å². The topological polar surface area (TPSA) is 59.0 Å². The lowest BCUT2D eigenvalue weighted by molar-refractivity contribution is -0.139. The van der Waals surface area contributed by atoms with Crippen molar-refractivity contribution in [1.29, 1.82) is 0 Å². The number of carboxylic acids is 1. The Morgan fingerprint density at radius 2 is 1.73 bits per heavy atom. The Labute approximate surface area is 129 Å².